The van der Waals surface area contributed by atoms with E-state index < -0.39 is 0 Å². The molecule has 2 bridgehead atoms. The number of aromatic nitrogens is 1. The lowest BCUT2D eigenvalue weighted by Crippen LogP contribution is -2.68. The van der Waals surface area contributed by atoms with Crippen LogP contribution < -0.4 is 0 Å². The Morgan fingerprint density at radius 1 is 1.21 bits per heavy atom. The maximum Gasteiger partial charge on any atom is 0.135 e. The lowest BCUT2D eigenvalue weighted by Gasteiger charge is -2.59. The van der Waals surface area contributed by atoms with Gasteiger partial charge in [0, 0.05) is 35.9 Å². The van der Waals surface area contributed by atoms with Gasteiger partial charge >= 0.3 is 0 Å². The summed E-state index contributed by atoms with van der Waals surface area (Å²) in [5.74, 6) is 1.47. The number of ether oxygens (including phenoxy) is 1. The first-order valence-electron chi connectivity index (χ1n) is 12.6. The first-order valence-corrected chi connectivity index (χ1v) is 12.6. The predicted octanol–water partition coefficient (Wildman–Crippen LogP) is 6.19. The highest BCUT2D eigenvalue weighted by molar-refractivity contribution is 5.82. The highest BCUT2D eigenvalue weighted by atomic mass is 16.5. The maximum absolute atomic E-state index is 9.80. The van der Waals surface area contributed by atoms with Gasteiger partial charge < -0.3 is 9.22 Å². The van der Waals surface area contributed by atoms with Crippen LogP contribution in [0.15, 0.2) is 73.4 Å². The van der Waals surface area contributed by atoms with E-state index in [2.05, 4.69) is 61.0 Å². The van der Waals surface area contributed by atoms with E-state index in [0.717, 1.165) is 59.0 Å². The van der Waals surface area contributed by atoms with Gasteiger partial charge in [0.1, 0.15) is 18.7 Å². The van der Waals surface area contributed by atoms with E-state index in [0.29, 0.717) is 12.6 Å². The molecule has 2 aromatic carbocycles. The standard InChI is InChI=1S/C30H34N3O/c1-3-17-34-30(27-13-15-32-28-12-8-7-11-26(27)28)29-18-23-14-16-33(29,20-22(23)4-2)21-25-10-6-5-9-24(25)19-31/h3,5-13,15,22-23,29-30H,1,4,14,16-18,20-21H2,2H3/q+1/t22-,23-,29+,30+,33-/m0/s1. The molecular weight excluding hydrogens is 418 g/mol. The number of rotatable bonds is 8. The van der Waals surface area contributed by atoms with Gasteiger partial charge in [-0.25, -0.2) is 0 Å². The molecule has 3 fully saturated rings. The molecule has 0 aliphatic carbocycles. The molecule has 5 atom stereocenters. The molecule has 0 spiro atoms. The molecule has 174 valence electrons. The van der Waals surface area contributed by atoms with Crippen LogP contribution in [0.5, 0.6) is 0 Å². The van der Waals surface area contributed by atoms with Crippen molar-refractivity contribution in [2.45, 2.75) is 44.9 Å². The van der Waals surface area contributed by atoms with E-state index in [1.165, 1.54) is 23.8 Å². The van der Waals surface area contributed by atoms with Crippen LogP contribution in [0.2, 0.25) is 0 Å². The van der Waals surface area contributed by atoms with Crippen molar-refractivity contribution in [3.63, 3.8) is 0 Å². The van der Waals surface area contributed by atoms with E-state index in [1.54, 1.807) is 0 Å². The van der Waals surface area contributed by atoms with E-state index in [-0.39, 0.29) is 6.10 Å². The molecule has 34 heavy (non-hydrogen) atoms. The minimum absolute atomic E-state index is 0.0410. The Hall–Kier alpha value is -3.00. The fourth-order valence-corrected chi connectivity index (χ4v) is 6.70. The largest absolute Gasteiger partial charge is 0.363 e. The monoisotopic (exact) mass is 452 g/mol. The molecule has 0 radical (unpaired) electrons. The Morgan fingerprint density at radius 3 is 2.85 bits per heavy atom. The Morgan fingerprint density at radius 2 is 2.03 bits per heavy atom. The summed E-state index contributed by atoms with van der Waals surface area (Å²) in [6, 6.07) is 21.4. The number of hydrogen-bond donors (Lipinski definition) is 0. The quantitative estimate of drug-likeness (QED) is 0.303. The predicted molar refractivity (Wildman–Crippen MR) is 136 cm³/mol. The summed E-state index contributed by atoms with van der Waals surface area (Å²) in [5, 5.41) is 11.0. The molecule has 3 aliphatic rings. The number of fused-ring (bicyclic) bond motifs is 4. The minimum Gasteiger partial charge on any atom is -0.363 e. The summed E-state index contributed by atoms with van der Waals surface area (Å²) in [5.41, 5.74) is 4.19. The third-order valence-corrected chi connectivity index (χ3v) is 8.34. The first-order chi connectivity index (χ1) is 16.7. The second-order valence-electron chi connectivity index (χ2n) is 10.0. The van der Waals surface area contributed by atoms with E-state index in [4.69, 9.17) is 4.74 Å². The molecule has 6 rings (SSSR count). The molecule has 4 heteroatoms. The van der Waals surface area contributed by atoms with Crippen LogP contribution in [0.4, 0.5) is 0 Å². The van der Waals surface area contributed by atoms with E-state index in [1.807, 2.05) is 30.5 Å². The van der Waals surface area contributed by atoms with Crippen LogP contribution in [-0.4, -0.2) is 35.2 Å². The molecule has 1 aromatic heterocycles. The third-order valence-electron chi connectivity index (χ3n) is 8.34. The third kappa shape index (κ3) is 4.04. The van der Waals surface area contributed by atoms with Gasteiger partial charge in [0.2, 0.25) is 0 Å². The number of nitriles is 1. The van der Waals surface area contributed by atoms with Crippen LogP contribution in [0.1, 0.15) is 49.0 Å². The zero-order valence-corrected chi connectivity index (χ0v) is 20.1. The second kappa shape index (κ2) is 9.70. The average Bonchev–Trinajstić information content (AvgIpc) is 2.89. The van der Waals surface area contributed by atoms with Gasteiger partial charge in [0.15, 0.2) is 0 Å². The van der Waals surface area contributed by atoms with Crippen LogP contribution in [-0.2, 0) is 11.3 Å². The number of piperidine rings is 3. The van der Waals surface area contributed by atoms with Gasteiger partial charge in [-0.1, -0.05) is 49.4 Å². The van der Waals surface area contributed by atoms with Crippen molar-refractivity contribution >= 4 is 10.9 Å². The molecule has 0 amide bonds. The number of quaternary nitrogens is 1. The highest BCUT2D eigenvalue weighted by Gasteiger charge is 2.54. The van der Waals surface area contributed by atoms with Crippen molar-refractivity contribution in [3.05, 3.63) is 90.1 Å². The highest BCUT2D eigenvalue weighted by Crippen LogP contribution is 2.49. The molecular formula is C30H34N3O+. The van der Waals surface area contributed by atoms with Crippen molar-refractivity contribution < 1.29 is 9.22 Å². The van der Waals surface area contributed by atoms with Crippen LogP contribution in [0.25, 0.3) is 10.9 Å². The SMILES string of the molecule is C=CCO[C@H](c1ccnc2ccccc12)[C@H]1C[C@@H]2CC[N@@+]1(Cc1ccccc1C#N)C[C@@H]2CC. The molecule has 3 aromatic rings. The Balaban J connectivity index is 1.61. The number of hydrogen-bond acceptors (Lipinski definition) is 3. The summed E-state index contributed by atoms with van der Waals surface area (Å²) < 4.78 is 7.63. The topological polar surface area (TPSA) is 45.9 Å². The van der Waals surface area contributed by atoms with Crippen LogP contribution >= 0.6 is 0 Å². The van der Waals surface area contributed by atoms with Gasteiger partial charge in [0.25, 0.3) is 0 Å². The van der Waals surface area contributed by atoms with Gasteiger partial charge in [-0.3, -0.25) is 4.98 Å². The Labute approximate surface area is 203 Å². The fourth-order valence-electron chi connectivity index (χ4n) is 6.70. The summed E-state index contributed by atoms with van der Waals surface area (Å²) in [7, 11) is 0. The maximum atomic E-state index is 9.80. The normalized spacial score (nSPS) is 26.8. The van der Waals surface area contributed by atoms with E-state index in [9.17, 15) is 5.26 Å². The van der Waals surface area contributed by atoms with Gasteiger partial charge in [-0.2, -0.15) is 5.26 Å². The van der Waals surface area contributed by atoms with Crippen molar-refractivity contribution in [1.82, 2.24) is 4.98 Å². The van der Waals surface area contributed by atoms with Crippen molar-refractivity contribution in [2.24, 2.45) is 11.8 Å². The van der Waals surface area contributed by atoms with Gasteiger partial charge in [-0.15, -0.1) is 6.58 Å². The van der Waals surface area contributed by atoms with Crippen molar-refractivity contribution in [2.75, 3.05) is 19.7 Å². The van der Waals surface area contributed by atoms with Crippen LogP contribution in [0, 0.1) is 23.2 Å². The number of pyridine rings is 1. The molecule has 0 saturated carbocycles. The number of benzene rings is 2. The lowest BCUT2D eigenvalue weighted by atomic mass is 9.70. The number of para-hydroxylation sites is 1. The molecule has 0 N–H and O–H groups in total. The van der Waals surface area contributed by atoms with Crippen molar-refractivity contribution in [3.8, 4) is 6.07 Å². The molecule has 0 unspecified atom stereocenters. The van der Waals surface area contributed by atoms with Gasteiger partial charge in [-0.05, 0) is 36.1 Å². The Kier molecular flexibility index (Phi) is 6.50. The zero-order valence-electron chi connectivity index (χ0n) is 20.1. The summed E-state index contributed by atoms with van der Waals surface area (Å²) >= 11 is 0. The van der Waals surface area contributed by atoms with Crippen molar-refractivity contribution in [1.29, 1.82) is 5.26 Å². The first kappa shape index (κ1) is 22.8. The lowest BCUT2D eigenvalue weighted by molar-refractivity contribution is -0.986. The Bertz CT molecular complexity index is 1210. The van der Waals surface area contributed by atoms with E-state index >= 15 is 0 Å². The van der Waals surface area contributed by atoms with Crippen LogP contribution in [0.3, 0.4) is 0 Å². The molecule has 3 saturated heterocycles. The number of nitrogens with zero attached hydrogens (tertiary/aromatic N) is 3. The minimum atomic E-state index is -0.0410. The summed E-state index contributed by atoms with van der Waals surface area (Å²) in [4.78, 5) is 4.61. The average molecular weight is 453 g/mol. The molecule has 3 aliphatic heterocycles. The second-order valence-corrected chi connectivity index (χ2v) is 10.0. The smallest absolute Gasteiger partial charge is 0.135 e. The zero-order chi connectivity index (χ0) is 23.5. The summed E-state index contributed by atoms with van der Waals surface area (Å²) in [6.45, 7) is 9.98. The fraction of sp³-hybridized carbons (Fsp3) is 0.400. The van der Waals surface area contributed by atoms with Gasteiger partial charge in [0.05, 0.1) is 36.8 Å². The summed E-state index contributed by atoms with van der Waals surface area (Å²) in [6.07, 6.45) is 7.37. The molecule has 4 nitrogen and oxygen atoms in total. The molecule has 4 heterocycles.